The summed E-state index contributed by atoms with van der Waals surface area (Å²) in [6.45, 7) is -0.120. The standard InChI is InChI=1S/C12H13N5O4/c1-21-5-9(12(19)20)16-11(18)8-2-3-10(14-4-8)17-7-13-6-15-17/h2-4,6-7,9H,5H2,1H3,(H,16,18)(H,19,20). The molecule has 0 aliphatic rings. The predicted octanol–water partition coefficient (Wildman–Crippen LogP) is -0.508. The minimum Gasteiger partial charge on any atom is -0.480 e. The summed E-state index contributed by atoms with van der Waals surface area (Å²) in [7, 11) is 1.36. The molecule has 0 bridgehead atoms. The molecule has 1 atom stereocenters. The summed E-state index contributed by atoms with van der Waals surface area (Å²) >= 11 is 0. The van der Waals surface area contributed by atoms with E-state index >= 15 is 0 Å². The highest BCUT2D eigenvalue weighted by Gasteiger charge is 2.20. The Kier molecular flexibility index (Phi) is 4.57. The molecule has 9 nitrogen and oxygen atoms in total. The summed E-state index contributed by atoms with van der Waals surface area (Å²) in [4.78, 5) is 30.7. The minimum absolute atomic E-state index is 0.120. The predicted molar refractivity (Wildman–Crippen MR) is 69.9 cm³/mol. The van der Waals surface area contributed by atoms with E-state index in [0.717, 1.165) is 0 Å². The maximum absolute atomic E-state index is 11.9. The number of hydrogen-bond donors (Lipinski definition) is 2. The third kappa shape index (κ3) is 3.60. The Hall–Kier alpha value is -2.81. The first kappa shape index (κ1) is 14.6. The molecule has 2 aromatic heterocycles. The lowest BCUT2D eigenvalue weighted by Crippen LogP contribution is -2.43. The smallest absolute Gasteiger partial charge is 0.328 e. The number of carbonyl (C=O) groups excluding carboxylic acids is 1. The van der Waals surface area contributed by atoms with Crippen LogP contribution in [0, 0.1) is 0 Å². The maximum Gasteiger partial charge on any atom is 0.328 e. The van der Waals surface area contributed by atoms with Crippen molar-refractivity contribution in [3.8, 4) is 5.82 Å². The van der Waals surface area contributed by atoms with Crippen molar-refractivity contribution in [3.05, 3.63) is 36.5 Å². The van der Waals surface area contributed by atoms with Crippen LogP contribution < -0.4 is 5.32 Å². The number of carboxylic acids is 1. The highest BCUT2D eigenvalue weighted by Crippen LogP contribution is 2.04. The van der Waals surface area contributed by atoms with Gasteiger partial charge in [0.15, 0.2) is 11.9 Å². The van der Waals surface area contributed by atoms with Crippen LogP contribution in [0.25, 0.3) is 5.82 Å². The van der Waals surface area contributed by atoms with Gasteiger partial charge in [0.05, 0.1) is 12.2 Å². The fourth-order valence-electron chi connectivity index (χ4n) is 1.57. The summed E-state index contributed by atoms with van der Waals surface area (Å²) < 4.78 is 6.18. The quantitative estimate of drug-likeness (QED) is 0.735. The van der Waals surface area contributed by atoms with Crippen molar-refractivity contribution in [2.45, 2.75) is 6.04 Å². The zero-order valence-electron chi connectivity index (χ0n) is 11.1. The highest BCUT2D eigenvalue weighted by molar-refractivity contribution is 5.96. The molecule has 0 saturated heterocycles. The van der Waals surface area contributed by atoms with Crippen LogP contribution in [-0.4, -0.2) is 56.5 Å². The number of pyridine rings is 1. The molecule has 9 heteroatoms. The van der Waals surface area contributed by atoms with E-state index in [1.54, 1.807) is 6.07 Å². The Morgan fingerprint density at radius 3 is 2.81 bits per heavy atom. The molecule has 0 saturated carbocycles. The van der Waals surface area contributed by atoms with E-state index < -0.39 is 17.9 Å². The monoisotopic (exact) mass is 291 g/mol. The molecule has 1 unspecified atom stereocenters. The third-order valence-corrected chi connectivity index (χ3v) is 2.60. The Bertz CT molecular complexity index is 611. The topological polar surface area (TPSA) is 119 Å². The molecule has 2 N–H and O–H groups in total. The average molecular weight is 291 g/mol. The number of ether oxygens (including phenoxy) is 1. The van der Waals surface area contributed by atoms with Gasteiger partial charge >= 0.3 is 5.97 Å². The van der Waals surface area contributed by atoms with Crippen LogP contribution in [0.2, 0.25) is 0 Å². The number of methoxy groups -OCH3 is 1. The molecule has 0 radical (unpaired) electrons. The van der Waals surface area contributed by atoms with Gasteiger partial charge in [-0.15, -0.1) is 0 Å². The van der Waals surface area contributed by atoms with Crippen LogP contribution in [0.1, 0.15) is 10.4 Å². The maximum atomic E-state index is 11.9. The average Bonchev–Trinajstić information content (AvgIpc) is 3.01. The van der Waals surface area contributed by atoms with Crippen LogP contribution in [0.5, 0.6) is 0 Å². The highest BCUT2D eigenvalue weighted by atomic mass is 16.5. The summed E-state index contributed by atoms with van der Waals surface area (Å²) in [6, 6.07) is 1.98. The largest absolute Gasteiger partial charge is 0.480 e. The molecule has 0 spiro atoms. The summed E-state index contributed by atoms with van der Waals surface area (Å²) in [6.07, 6.45) is 4.17. The number of nitrogens with one attached hydrogen (secondary N) is 1. The Morgan fingerprint density at radius 2 is 2.29 bits per heavy atom. The van der Waals surface area contributed by atoms with E-state index in [1.165, 1.54) is 36.7 Å². The molecule has 2 rings (SSSR count). The summed E-state index contributed by atoms with van der Waals surface area (Å²) in [5.41, 5.74) is 0.237. The normalized spacial score (nSPS) is 11.9. The van der Waals surface area contributed by atoms with Gasteiger partial charge in [-0.1, -0.05) is 0 Å². The van der Waals surface area contributed by atoms with Crippen molar-refractivity contribution >= 4 is 11.9 Å². The van der Waals surface area contributed by atoms with Crippen molar-refractivity contribution in [1.29, 1.82) is 0 Å². The van der Waals surface area contributed by atoms with E-state index in [1.807, 2.05) is 0 Å². The lowest BCUT2D eigenvalue weighted by atomic mass is 10.2. The zero-order chi connectivity index (χ0) is 15.2. The van der Waals surface area contributed by atoms with Crippen molar-refractivity contribution in [1.82, 2.24) is 25.1 Å². The van der Waals surface area contributed by atoms with Gasteiger partial charge in [0, 0.05) is 13.3 Å². The van der Waals surface area contributed by atoms with Crippen molar-refractivity contribution in [2.24, 2.45) is 0 Å². The molecule has 0 aliphatic carbocycles. The van der Waals surface area contributed by atoms with Crippen molar-refractivity contribution in [3.63, 3.8) is 0 Å². The van der Waals surface area contributed by atoms with Crippen LogP contribution in [-0.2, 0) is 9.53 Å². The number of nitrogens with zero attached hydrogens (tertiary/aromatic N) is 4. The van der Waals surface area contributed by atoms with E-state index in [9.17, 15) is 9.59 Å². The molecular formula is C12H13N5O4. The number of hydrogen-bond acceptors (Lipinski definition) is 6. The molecule has 2 heterocycles. The molecule has 0 aliphatic heterocycles. The van der Waals surface area contributed by atoms with E-state index in [-0.39, 0.29) is 12.2 Å². The van der Waals surface area contributed by atoms with Gasteiger partial charge in [-0.2, -0.15) is 5.10 Å². The lowest BCUT2D eigenvalue weighted by Gasteiger charge is -2.13. The van der Waals surface area contributed by atoms with E-state index in [4.69, 9.17) is 9.84 Å². The molecule has 1 amide bonds. The molecule has 21 heavy (non-hydrogen) atoms. The number of carbonyl (C=O) groups is 2. The molecular weight excluding hydrogens is 278 g/mol. The van der Waals surface area contributed by atoms with Gasteiger partial charge in [-0.05, 0) is 12.1 Å². The second-order valence-corrected chi connectivity index (χ2v) is 4.06. The second-order valence-electron chi connectivity index (χ2n) is 4.06. The van der Waals surface area contributed by atoms with Gasteiger partial charge in [0.25, 0.3) is 5.91 Å². The molecule has 0 aromatic carbocycles. The Balaban J connectivity index is 2.07. The Labute approximate surface area is 119 Å². The zero-order valence-corrected chi connectivity index (χ0v) is 11.1. The van der Waals surface area contributed by atoms with Crippen molar-refractivity contribution < 1.29 is 19.4 Å². The minimum atomic E-state index is -1.17. The SMILES string of the molecule is COCC(NC(=O)c1ccc(-n2cncn2)nc1)C(=O)O. The van der Waals surface area contributed by atoms with E-state index in [0.29, 0.717) is 5.82 Å². The fraction of sp³-hybridized carbons (Fsp3) is 0.250. The Morgan fingerprint density at radius 1 is 1.48 bits per heavy atom. The van der Waals surface area contributed by atoms with Crippen LogP contribution in [0.15, 0.2) is 31.0 Å². The van der Waals surface area contributed by atoms with Crippen LogP contribution in [0.3, 0.4) is 0 Å². The summed E-state index contributed by atoms with van der Waals surface area (Å²) in [5.74, 6) is -1.22. The van der Waals surface area contributed by atoms with E-state index in [2.05, 4.69) is 20.4 Å². The van der Waals surface area contributed by atoms with Gasteiger partial charge < -0.3 is 15.2 Å². The fourth-order valence-corrected chi connectivity index (χ4v) is 1.57. The van der Waals surface area contributed by atoms with Gasteiger partial charge in [-0.25, -0.2) is 19.4 Å². The first-order valence-corrected chi connectivity index (χ1v) is 5.95. The second kappa shape index (κ2) is 6.57. The number of aliphatic carboxylic acids is 1. The van der Waals surface area contributed by atoms with Crippen molar-refractivity contribution in [2.75, 3.05) is 13.7 Å². The van der Waals surface area contributed by atoms with Crippen LogP contribution in [0.4, 0.5) is 0 Å². The molecule has 2 aromatic rings. The van der Waals surface area contributed by atoms with Gasteiger partial charge in [0.1, 0.15) is 12.7 Å². The van der Waals surface area contributed by atoms with Gasteiger partial charge in [-0.3, -0.25) is 4.79 Å². The van der Waals surface area contributed by atoms with Crippen LogP contribution >= 0.6 is 0 Å². The number of carboxylic acid groups (broad SMARTS) is 1. The molecule has 0 fully saturated rings. The summed E-state index contributed by atoms with van der Waals surface area (Å²) in [5, 5.41) is 15.2. The number of amides is 1. The van der Waals surface area contributed by atoms with Gasteiger partial charge in [0.2, 0.25) is 0 Å². The third-order valence-electron chi connectivity index (χ3n) is 2.60. The first-order valence-electron chi connectivity index (χ1n) is 5.95. The number of aromatic nitrogens is 4. The molecule has 110 valence electrons. The lowest BCUT2D eigenvalue weighted by molar-refractivity contribution is -0.140. The first-order chi connectivity index (χ1) is 10.1. The number of rotatable bonds is 6.